The molecule has 0 heterocycles. The average Bonchev–Trinajstić information content (AvgIpc) is 2.37. The molecule has 0 atom stereocenters. The van der Waals surface area contributed by atoms with Crippen LogP contribution in [0.1, 0.15) is 11.1 Å². The zero-order chi connectivity index (χ0) is 18.1. The van der Waals surface area contributed by atoms with Gasteiger partial charge < -0.3 is 8.85 Å². The Balaban J connectivity index is 2.68. The van der Waals surface area contributed by atoms with Crippen molar-refractivity contribution in [3.63, 3.8) is 0 Å². The van der Waals surface area contributed by atoms with Crippen LogP contribution >= 0.6 is 0 Å². The van der Waals surface area contributed by atoms with Gasteiger partial charge in [-0.2, -0.15) is 0 Å². The standard InChI is InChI=1S/C20H30O2Si2/c1-15-11-9-13-17(21-23(3,4)5)19(15)20-16(2)12-10-14-18(20)22-24(6,7)8/h9-14H,1-8H3. The number of benzene rings is 2. The van der Waals surface area contributed by atoms with Gasteiger partial charge in [-0.15, -0.1) is 0 Å². The van der Waals surface area contributed by atoms with E-state index in [1.165, 1.54) is 22.3 Å². The molecule has 0 saturated carbocycles. The molecule has 24 heavy (non-hydrogen) atoms. The molecule has 0 N–H and O–H groups in total. The van der Waals surface area contributed by atoms with Crippen LogP contribution in [0.3, 0.4) is 0 Å². The average molecular weight is 359 g/mol. The van der Waals surface area contributed by atoms with Gasteiger partial charge >= 0.3 is 0 Å². The van der Waals surface area contributed by atoms with Crippen molar-refractivity contribution in [1.82, 2.24) is 0 Å². The lowest BCUT2D eigenvalue weighted by molar-refractivity contribution is 0.550. The van der Waals surface area contributed by atoms with Gasteiger partial charge in [-0.1, -0.05) is 24.3 Å². The van der Waals surface area contributed by atoms with E-state index < -0.39 is 16.6 Å². The molecule has 0 aromatic heterocycles. The van der Waals surface area contributed by atoms with Crippen molar-refractivity contribution in [2.45, 2.75) is 53.1 Å². The third-order valence-electron chi connectivity index (χ3n) is 3.55. The quantitative estimate of drug-likeness (QED) is 0.576. The highest BCUT2D eigenvalue weighted by molar-refractivity contribution is 6.71. The number of aryl methyl sites for hydroxylation is 2. The number of hydrogen-bond acceptors (Lipinski definition) is 2. The summed E-state index contributed by atoms with van der Waals surface area (Å²) < 4.78 is 12.8. The summed E-state index contributed by atoms with van der Waals surface area (Å²) in [6.45, 7) is 17.6. The first-order valence-corrected chi connectivity index (χ1v) is 15.4. The van der Waals surface area contributed by atoms with Crippen molar-refractivity contribution in [3.05, 3.63) is 47.5 Å². The Kier molecular flexibility index (Phi) is 5.30. The fourth-order valence-corrected chi connectivity index (χ4v) is 4.41. The maximum Gasteiger partial charge on any atom is 0.242 e. The zero-order valence-electron chi connectivity index (χ0n) is 16.3. The number of rotatable bonds is 5. The van der Waals surface area contributed by atoms with Crippen LogP contribution in [0.2, 0.25) is 39.3 Å². The molecule has 0 saturated heterocycles. The summed E-state index contributed by atoms with van der Waals surface area (Å²) in [5, 5.41) is 0. The van der Waals surface area contributed by atoms with E-state index in [9.17, 15) is 0 Å². The minimum atomic E-state index is -1.70. The second kappa shape index (κ2) is 6.77. The molecule has 2 rings (SSSR count). The molecule has 0 unspecified atom stereocenters. The summed E-state index contributed by atoms with van der Waals surface area (Å²) in [7, 11) is -3.40. The molecule has 0 radical (unpaired) electrons. The predicted octanol–water partition coefficient (Wildman–Crippen LogP) is 6.40. The first-order chi connectivity index (χ1) is 11.0. The smallest absolute Gasteiger partial charge is 0.242 e. The Hall–Kier alpha value is -1.53. The second-order valence-corrected chi connectivity index (χ2v) is 17.2. The maximum absolute atomic E-state index is 6.40. The molecule has 0 spiro atoms. The monoisotopic (exact) mass is 358 g/mol. The summed E-state index contributed by atoms with van der Waals surface area (Å²) in [4.78, 5) is 0. The van der Waals surface area contributed by atoms with Gasteiger partial charge in [0.15, 0.2) is 0 Å². The van der Waals surface area contributed by atoms with Crippen LogP contribution in [0.5, 0.6) is 11.5 Å². The summed E-state index contributed by atoms with van der Waals surface area (Å²) in [5.74, 6) is 1.95. The van der Waals surface area contributed by atoms with E-state index in [1.807, 2.05) is 0 Å². The summed E-state index contributed by atoms with van der Waals surface area (Å²) in [6, 6.07) is 12.6. The van der Waals surface area contributed by atoms with Gasteiger partial charge in [0.05, 0.1) is 0 Å². The second-order valence-electron chi connectivity index (χ2n) is 8.32. The van der Waals surface area contributed by atoms with Crippen LogP contribution in [0.4, 0.5) is 0 Å². The third-order valence-corrected chi connectivity index (χ3v) is 5.22. The van der Waals surface area contributed by atoms with Gasteiger partial charge in [-0.3, -0.25) is 0 Å². The third kappa shape index (κ3) is 4.74. The lowest BCUT2D eigenvalue weighted by Gasteiger charge is -2.27. The molecular weight excluding hydrogens is 328 g/mol. The lowest BCUT2D eigenvalue weighted by Crippen LogP contribution is -2.30. The van der Waals surface area contributed by atoms with Crippen molar-refractivity contribution in [3.8, 4) is 22.6 Å². The first-order valence-electron chi connectivity index (χ1n) is 8.55. The maximum atomic E-state index is 6.40. The van der Waals surface area contributed by atoms with Crippen LogP contribution in [0.25, 0.3) is 11.1 Å². The molecule has 0 aliphatic carbocycles. The summed E-state index contributed by atoms with van der Waals surface area (Å²) in [5.41, 5.74) is 4.79. The Morgan fingerprint density at radius 3 is 1.21 bits per heavy atom. The highest BCUT2D eigenvalue weighted by Gasteiger charge is 2.24. The van der Waals surface area contributed by atoms with Crippen LogP contribution in [-0.4, -0.2) is 16.6 Å². The Morgan fingerprint density at radius 1 is 0.583 bits per heavy atom. The fraction of sp³-hybridized carbons (Fsp3) is 0.400. The minimum absolute atomic E-state index is 0.976. The molecule has 2 nitrogen and oxygen atoms in total. The van der Waals surface area contributed by atoms with Crippen LogP contribution < -0.4 is 8.85 Å². The highest BCUT2D eigenvalue weighted by atomic mass is 28.4. The van der Waals surface area contributed by atoms with Gasteiger partial charge in [0.2, 0.25) is 16.6 Å². The molecule has 130 valence electrons. The first kappa shape index (κ1) is 18.8. The molecule has 0 aliphatic rings. The molecule has 0 fully saturated rings. The van der Waals surface area contributed by atoms with Crippen molar-refractivity contribution in [2.75, 3.05) is 0 Å². The van der Waals surface area contributed by atoms with E-state index >= 15 is 0 Å². The summed E-state index contributed by atoms with van der Waals surface area (Å²) >= 11 is 0. The van der Waals surface area contributed by atoms with Gasteiger partial charge in [-0.05, 0) is 76.4 Å². The van der Waals surface area contributed by atoms with Gasteiger partial charge in [0, 0.05) is 11.1 Å². The van der Waals surface area contributed by atoms with Gasteiger partial charge in [-0.25, -0.2) is 0 Å². The van der Waals surface area contributed by atoms with Crippen LogP contribution in [0, 0.1) is 13.8 Å². The molecule has 2 aromatic carbocycles. The van der Waals surface area contributed by atoms with Gasteiger partial charge in [0.1, 0.15) is 11.5 Å². The lowest BCUT2D eigenvalue weighted by atomic mass is 9.95. The van der Waals surface area contributed by atoms with E-state index in [4.69, 9.17) is 8.85 Å². The minimum Gasteiger partial charge on any atom is -0.544 e. The van der Waals surface area contributed by atoms with Crippen molar-refractivity contribution in [1.29, 1.82) is 0 Å². The molecule has 2 aromatic rings. The zero-order valence-corrected chi connectivity index (χ0v) is 18.3. The summed E-state index contributed by atoms with van der Waals surface area (Å²) in [6.07, 6.45) is 0. The Labute approximate surface area is 149 Å². The van der Waals surface area contributed by atoms with Crippen LogP contribution in [0.15, 0.2) is 36.4 Å². The molecule has 0 aliphatic heterocycles. The molecule has 4 heteroatoms. The highest BCUT2D eigenvalue weighted by Crippen LogP contribution is 2.42. The SMILES string of the molecule is Cc1cccc(O[Si](C)(C)C)c1-c1c(C)cccc1O[Si](C)(C)C. The fourth-order valence-electron chi connectivity index (χ4n) is 2.75. The van der Waals surface area contributed by atoms with Crippen molar-refractivity contribution >= 4 is 16.6 Å². The van der Waals surface area contributed by atoms with Crippen LogP contribution in [-0.2, 0) is 0 Å². The number of hydrogen-bond donors (Lipinski definition) is 0. The predicted molar refractivity (Wildman–Crippen MR) is 109 cm³/mol. The molecular formula is C20H30O2Si2. The van der Waals surface area contributed by atoms with E-state index in [1.54, 1.807) is 0 Å². The normalized spacial score (nSPS) is 12.2. The topological polar surface area (TPSA) is 18.5 Å². The van der Waals surface area contributed by atoms with E-state index in [-0.39, 0.29) is 0 Å². The largest absolute Gasteiger partial charge is 0.544 e. The van der Waals surface area contributed by atoms with Crippen molar-refractivity contribution in [2.24, 2.45) is 0 Å². The Morgan fingerprint density at radius 2 is 0.917 bits per heavy atom. The molecule has 0 amide bonds. The van der Waals surface area contributed by atoms with Gasteiger partial charge in [0.25, 0.3) is 0 Å². The Bertz CT molecular complexity index is 662. The molecule has 0 bridgehead atoms. The van der Waals surface area contributed by atoms with E-state index in [0.29, 0.717) is 0 Å². The van der Waals surface area contributed by atoms with E-state index in [2.05, 4.69) is 89.5 Å². The van der Waals surface area contributed by atoms with E-state index in [0.717, 1.165) is 11.5 Å². The van der Waals surface area contributed by atoms with Crippen molar-refractivity contribution < 1.29 is 8.85 Å².